The molecule has 8 nitrogen and oxygen atoms in total. The van der Waals surface area contributed by atoms with Crippen molar-refractivity contribution in [2.24, 2.45) is 28.3 Å². The van der Waals surface area contributed by atoms with Crippen molar-refractivity contribution in [1.29, 1.82) is 0 Å². The van der Waals surface area contributed by atoms with Gasteiger partial charge >= 0.3 is 5.96 Å². The Bertz CT molecular complexity index is 432. The van der Waals surface area contributed by atoms with Gasteiger partial charge in [0.25, 0.3) is 5.16 Å². The molecule has 0 amide bonds. The summed E-state index contributed by atoms with van der Waals surface area (Å²) in [4.78, 5) is 23.8. The zero-order valence-electron chi connectivity index (χ0n) is 11.1. The molecule has 0 aromatic heterocycles. The number of nitrogens with zero attached hydrogens (tertiary/aromatic N) is 3. The zero-order chi connectivity index (χ0) is 14.4. The Morgan fingerprint density at radius 2 is 1.84 bits per heavy atom. The van der Waals surface area contributed by atoms with E-state index >= 15 is 0 Å². The first-order valence-corrected chi connectivity index (χ1v) is 6.29. The molecule has 106 valence electrons. The second-order valence-electron chi connectivity index (χ2n) is 5.98. The van der Waals surface area contributed by atoms with Crippen LogP contribution in [0, 0.1) is 43.4 Å². The molecule has 0 aromatic rings. The lowest BCUT2D eigenvalue weighted by atomic mass is 9.88. The second kappa shape index (κ2) is 4.43. The molecule has 0 N–H and O–H groups in total. The number of hydrogen-bond donors (Lipinski definition) is 0. The highest BCUT2D eigenvalue weighted by molar-refractivity contribution is 5.61. The van der Waals surface area contributed by atoms with E-state index in [1.54, 1.807) is 0 Å². The molecule has 0 spiro atoms. The van der Waals surface area contributed by atoms with Crippen LogP contribution >= 0.6 is 0 Å². The fourth-order valence-corrected chi connectivity index (χ4v) is 3.36. The molecular weight excluding hydrogens is 254 g/mol. The van der Waals surface area contributed by atoms with Crippen LogP contribution in [0.2, 0.25) is 0 Å². The summed E-state index contributed by atoms with van der Waals surface area (Å²) in [5, 5.41) is 24.1. The maximum atomic E-state index is 10.5. The van der Waals surface area contributed by atoms with Gasteiger partial charge in [-0.15, -0.1) is 0 Å². The Balaban J connectivity index is 2.11. The highest BCUT2D eigenvalue weighted by Crippen LogP contribution is 2.66. The molecule has 2 aliphatic carbocycles. The predicted octanol–water partition coefficient (Wildman–Crippen LogP) is 1.90. The average Bonchev–Trinajstić information content (AvgIpc) is 2.83. The van der Waals surface area contributed by atoms with E-state index in [1.807, 2.05) is 6.92 Å². The lowest BCUT2D eigenvalue weighted by molar-refractivity contribution is -0.506. The molecule has 0 saturated heterocycles. The van der Waals surface area contributed by atoms with Crippen molar-refractivity contribution in [3.63, 3.8) is 0 Å². The Labute approximate surface area is 110 Å². The average molecular weight is 271 g/mol. The minimum Gasteiger partial charge on any atom is -0.320 e. The minimum atomic E-state index is -1.35. The van der Waals surface area contributed by atoms with Crippen molar-refractivity contribution in [3.8, 4) is 0 Å². The highest BCUT2D eigenvalue weighted by atomic mass is 16.7. The van der Waals surface area contributed by atoms with Crippen LogP contribution in [0.15, 0.2) is 5.16 Å². The Morgan fingerprint density at radius 3 is 2.37 bits per heavy atom. The van der Waals surface area contributed by atoms with Crippen molar-refractivity contribution in [3.05, 3.63) is 20.2 Å². The van der Waals surface area contributed by atoms with Gasteiger partial charge in [0.05, 0.1) is 9.85 Å². The van der Waals surface area contributed by atoms with Crippen molar-refractivity contribution in [2.75, 3.05) is 0 Å². The first-order valence-electron chi connectivity index (χ1n) is 6.29. The molecule has 0 bridgehead atoms. The van der Waals surface area contributed by atoms with Gasteiger partial charge in [-0.2, -0.15) is 0 Å². The van der Waals surface area contributed by atoms with E-state index in [4.69, 9.17) is 4.84 Å². The molecule has 0 aromatic carbocycles. The Kier molecular flexibility index (Phi) is 3.19. The van der Waals surface area contributed by atoms with Gasteiger partial charge in [-0.25, -0.2) is 0 Å². The molecule has 2 saturated carbocycles. The van der Waals surface area contributed by atoms with Crippen LogP contribution in [0.5, 0.6) is 0 Å². The zero-order valence-corrected chi connectivity index (χ0v) is 11.1. The van der Waals surface area contributed by atoms with Crippen LogP contribution < -0.4 is 0 Å². The van der Waals surface area contributed by atoms with E-state index in [-0.39, 0.29) is 23.4 Å². The third-order valence-electron chi connectivity index (χ3n) is 4.57. The van der Waals surface area contributed by atoms with Gasteiger partial charge in [0, 0.05) is 5.92 Å². The van der Waals surface area contributed by atoms with Crippen molar-refractivity contribution in [1.82, 2.24) is 0 Å². The SMILES string of the molecule is C[C@H]1CC[C@@H]2[C@H]([C@@H]1ON=C([N+](=O)[O-])[N+](=O)[O-])C2(C)C. The van der Waals surface area contributed by atoms with Crippen LogP contribution in [0.3, 0.4) is 0 Å². The smallest absolute Gasteiger partial charge is 0.320 e. The van der Waals surface area contributed by atoms with Crippen LogP contribution in [0.1, 0.15) is 33.6 Å². The van der Waals surface area contributed by atoms with Gasteiger partial charge < -0.3 is 20.2 Å². The molecule has 4 atom stereocenters. The van der Waals surface area contributed by atoms with Crippen LogP contribution in [-0.2, 0) is 4.84 Å². The standard InChI is InChI=1S/C11H17N3O5/c1-6-4-5-7-8(11(7,2)3)9(6)19-12-10(13(15)16)14(17)18/h6-9H,4-5H2,1-3H3/t6-,7+,8+,9+/m0/s1. The van der Waals surface area contributed by atoms with E-state index in [1.165, 1.54) is 0 Å². The van der Waals surface area contributed by atoms with Crippen LogP contribution in [-0.4, -0.2) is 21.9 Å². The predicted molar refractivity (Wildman–Crippen MR) is 65.5 cm³/mol. The van der Waals surface area contributed by atoms with Gasteiger partial charge in [-0.1, -0.05) is 20.8 Å². The number of fused-ring (bicyclic) bond motifs is 1. The molecule has 0 radical (unpaired) electrons. The summed E-state index contributed by atoms with van der Waals surface area (Å²) in [6.45, 7) is 6.24. The van der Waals surface area contributed by atoms with Gasteiger partial charge in [0.15, 0.2) is 6.10 Å². The first kappa shape index (κ1) is 13.7. The second-order valence-corrected chi connectivity index (χ2v) is 5.98. The topological polar surface area (TPSA) is 108 Å². The first-order chi connectivity index (χ1) is 8.76. The number of nitro groups is 2. The van der Waals surface area contributed by atoms with Gasteiger partial charge in [-0.05, 0) is 30.1 Å². The van der Waals surface area contributed by atoms with E-state index < -0.39 is 15.8 Å². The highest BCUT2D eigenvalue weighted by Gasteiger charge is 2.65. The minimum absolute atomic E-state index is 0.133. The summed E-state index contributed by atoms with van der Waals surface area (Å²) in [7, 11) is 0. The number of guanidine groups is 1. The molecule has 2 aliphatic rings. The van der Waals surface area contributed by atoms with E-state index in [2.05, 4.69) is 19.0 Å². The molecular formula is C11H17N3O5. The van der Waals surface area contributed by atoms with Gasteiger partial charge in [-0.3, -0.25) is 4.84 Å². The summed E-state index contributed by atoms with van der Waals surface area (Å²) < 4.78 is 0. The van der Waals surface area contributed by atoms with E-state index in [9.17, 15) is 20.2 Å². The number of rotatable bonds is 2. The van der Waals surface area contributed by atoms with E-state index in [0.717, 1.165) is 12.8 Å². The van der Waals surface area contributed by atoms with E-state index in [0.29, 0.717) is 5.92 Å². The van der Waals surface area contributed by atoms with Crippen LogP contribution in [0.4, 0.5) is 0 Å². The monoisotopic (exact) mass is 271 g/mol. The summed E-state index contributed by atoms with van der Waals surface area (Å²) in [5.74, 6) is -0.349. The summed E-state index contributed by atoms with van der Waals surface area (Å²) >= 11 is 0. The maximum Gasteiger partial charge on any atom is 0.718 e. The Morgan fingerprint density at radius 1 is 1.26 bits per heavy atom. The summed E-state index contributed by atoms with van der Waals surface area (Å²) in [6, 6.07) is 0. The molecule has 2 fully saturated rings. The molecule has 0 heterocycles. The summed E-state index contributed by atoms with van der Waals surface area (Å²) in [6.07, 6.45) is 1.79. The van der Waals surface area contributed by atoms with Gasteiger partial charge in [0.1, 0.15) is 0 Å². The Hall–Kier alpha value is -1.73. The summed E-state index contributed by atoms with van der Waals surface area (Å²) in [5.41, 5.74) is 0.133. The lowest BCUT2D eigenvalue weighted by Crippen LogP contribution is -2.30. The normalized spacial score (nSPS) is 34.9. The molecule has 19 heavy (non-hydrogen) atoms. The molecule has 8 heteroatoms. The van der Waals surface area contributed by atoms with Crippen molar-refractivity contribution < 1.29 is 14.7 Å². The molecule has 2 rings (SSSR count). The lowest BCUT2D eigenvalue weighted by Gasteiger charge is -2.22. The fourth-order valence-electron chi connectivity index (χ4n) is 3.36. The maximum absolute atomic E-state index is 10.5. The number of oxime groups is 1. The van der Waals surface area contributed by atoms with Gasteiger partial charge in [0.2, 0.25) is 0 Å². The fraction of sp³-hybridized carbons (Fsp3) is 0.909. The molecule has 0 aliphatic heterocycles. The third-order valence-corrected chi connectivity index (χ3v) is 4.57. The quantitative estimate of drug-likeness (QED) is 0.330. The van der Waals surface area contributed by atoms with Crippen LogP contribution in [0.25, 0.3) is 0 Å². The molecule has 0 unspecified atom stereocenters. The van der Waals surface area contributed by atoms with Crippen molar-refractivity contribution >= 4 is 5.96 Å². The number of hydrogen-bond acceptors (Lipinski definition) is 6. The van der Waals surface area contributed by atoms with Crippen molar-refractivity contribution in [2.45, 2.75) is 39.7 Å². The third kappa shape index (κ3) is 2.26. The largest absolute Gasteiger partial charge is 0.718 e.